The zero-order valence-corrected chi connectivity index (χ0v) is 15.8. The molecule has 3 rings (SSSR count). The first-order valence-electron chi connectivity index (χ1n) is 8.64. The molecule has 1 saturated carbocycles. The second kappa shape index (κ2) is 8.52. The van der Waals surface area contributed by atoms with E-state index in [2.05, 4.69) is 10.4 Å². The van der Waals surface area contributed by atoms with E-state index in [1.807, 2.05) is 5.10 Å². The molecule has 0 radical (unpaired) electrons. The number of hydrogen-bond donors (Lipinski definition) is 3. The summed E-state index contributed by atoms with van der Waals surface area (Å²) in [7, 11) is 0. The van der Waals surface area contributed by atoms with Gasteiger partial charge >= 0.3 is 11.9 Å². The molecular weight excluding hydrogens is 404 g/mol. The lowest BCUT2D eigenvalue weighted by Gasteiger charge is -2.32. The van der Waals surface area contributed by atoms with Gasteiger partial charge in [0.25, 0.3) is 0 Å². The van der Waals surface area contributed by atoms with Crippen LogP contribution in [-0.2, 0) is 6.18 Å². The van der Waals surface area contributed by atoms with Crippen LogP contribution >= 0.6 is 12.4 Å². The molecule has 1 fully saturated rings. The van der Waals surface area contributed by atoms with Gasteiger partial charge in [-0.2, -0.15) is 13.2 Å². The lowest BCUT2D eigenvalue weighted by atomic mass is 9.82. The van der Waals surface area contributed by atoms with Crippen molar-refractivity contribution >= 4 is 18.1 Å². The number of benzene rings is 1. The van der Waals surface area contributed by atoms with E-state index in [9.17, 15) is 22.4 Å². The Bertz CT molecular complexity index is 860. The van der Waals surface area contributed by atoms with Crippen LogP contribution in [0.2, 0.25) is 0 Å². The molecule has 0 saturated heterocycles. The van der Waals surface area contributed by atoms with Gasteiger partial charge in [0.15, 0.2) is 0 Å². The summed E-state index contributed by atoms with van der Waals surface area (Å²) < 4.78 is 59.2. The van der Waals surface area contributed by atoms with Gasteiger partial charge in [0, 0.05) is 17.6 Å². The van der Waals surface area contributed by atoms with Gasteiger partial charge in [-0.25, -0.2) is 14.3 Å². The van der Waals surface area contributed by atoms with Crippen LogP contribution in [0.4, 0.5) is 23.2 Å². The number of aromatic nitrogens is 2. The molecule has 1 atom stereocenters. The summed E-state index contributed by atoms with van der Waals surface area (Å²) >= 11 is 0. The summed E-state index contributed by atoms with van der Waals surface area (Å²) in [6.07, 6.45) is -1.71. The minimum absolute atomic E-state index is 0. The van der Waals surface area contributed by atoms with Gasteiger partial charge in [-0.15, -0.1) is 17.5 Å². The smallest absolute Gasteiger partial charge is 0.388 e. The van der Waals surface area contributed by atoms with E-state index in [1.54, 1.807) is 6.92 Å². The van der Waals surface area contributed by atoms with Crippen LogP contribution in [0.3, 0.4) is 0 Å². The van der Waals surface area contributed by atoms with Gasteiger partial charge in [0.05, 0.1) is 5.69 Å². The third-order valence-corrected chi connectivity index (χ3v) is 4.97. The summed E-state index contributed by atoms with van der Waals surface area (Å²) in [4.78, 5) is 11.1. The largest absolute Gasteiger partial charge is 0.434 e. The number of nitrogens with zero attached hydrogens (tertiary/aromatic N) is 1. The summed E-state index contributed by atoms with van der Waals surface area (Å²) in [6, 6.07) is 1.54. The van der Waals surface area contributed by atoms with Crippen LogP contribution in [0, 0.1) is 11.7 Å². The number of nitrogens with one attached hydrogen (secondary N) is 2. The van der Waals surface area contributed by atoms with E-state index < -0.39 is 29.0 Å². The Morgan fingerprint density at radius 3 is 2.46 bits per heavy atom. The molecule has 28 heavy (non-hydrogen) atoms. The molecule has 4 N–H and O–H groups in total. The van der Waals surface area contributed by atoms with E-state index in [-0.39, 0.29) is 41.9 Å². The predicted octanol–water partition coefficient (Wildman–Crippen LogP) is 3.93. The monoisotopic (exact) mass is 424 g/mol. The minimum atomic E-state index is -4.88. The number of alkyl halides is 3. The SMILES string of the molecule is C[C@H](Nc1cc(-c2n[nH]c(=O)o2)cc(F)c1C(F)(F)F)C1CCC(N)CC1.Cl. The Balaban J connectivity index is 0.00000280. The van der Waals surface area contributed by atoms with Crippen molar-refractivity contribution in [1.29, 1.82) is 0 Å². The summed E-state index contributed by atoms with van der Waals surface area (Å²) in [5.41, 5.74) is 4.01. The minimum Gasteiger partial charge on any atom is -0.388 e. The summed E-state index contributed by atoms with van der Waals surface area (Å²) in [5, 5.41) is 8.34. The highest BCUT2D eigenvalue weighted by Crippen LogP contribution is 2.40. The summed E-state index contributed by atoms with van der Waals surface area (Å²) in [6.45, 7) is 1.76. The van der Waals surface area contributed by atoms with E-state index in [0.717, 1.165) is 31.7 Å². The number of nitrogens with two attached hydrogens (primary N) is 1. The van der Waals surface area contributed by atoms with Crippen LogP contribution in [0.5, 0.6) is 0 Å². The number of rotatable bonds is 4. The van der Waals surface area contributed by atoms with Gasteiger partial charge in [-0.3, -0.25) is 0 Å². The first-order valence-corrected chi connectivity index (χ1v) is 8.64. The van der Waals surface area contributed by atoms with Gasteiger partial charge < -0.3 is 15.5 Å². The highest BCUT2D eigenvalue weighted by Gasteiger charge is 2.38. The molecule has 1 aromatic carbocycles. The van der Waals surface area contributed by atoms with Crippen molar-refractivity contribution in [3.05, 3.63) is 34.1 Å². The fraction of sp³-hybridized carbons (Fsp3) is 0.529. The Morgan fingerprint density at radius 1 is 1.29 bits per heavy atom. The Kier molecular flexibility index (Phi) is 6.76. The normalized spacial score (nSPS) is 21.1. The van der Waals surface area contributed by atoms with Crippen molar-refractivity contribution in [2.24, 2.45) is 11.7 Å². The van der Waals surface area contributed by atoms with Gasteiger partial charge in [-0.05, 0) is 50.7 Å². The number of hydrogen-bond acceptors (Lipinski definition) is 5. The quantitative estimate of drug-likeness (QED) is 0.646. The van der Waals surface area contributed by atoms with Gasteiger partial charge in [0.1, 0.15) is 11.4 Å². The fourth-order valence-electron chi connectivity index (χ4n) is 3.49. The number of halogens is 5. The Hall–Kier alpha value is -2.07. The Labute approximate surface area is 164 Å². The Morgan fingerprint density at radius 2 is 1.93 bits per heavy atom. The van der Waals surface area contributed by atoms with Crippen molar-refractivity contribution in [1.82, 2.24) is 10.2 Å². The van der Waals surface area contributed by atoms with E-state index >= 15 is 0 Å². The third-order valence-electron chi connectivity index (χ3n) is 4.97. The maximum absolute atomic E-state index is 14.3. The van der Waals surface area contributed by atoms with Crippen molar-refractivity contribution in [2.75, 3.05) is 5.32 Å². The van der Waals surface area contributed by atoms with Crippen LogP contribution in [0.25, 0.3) is 11.5 Å². The maximum Gasteiger partial charge on any atom is 0.434 e. The first kappa shape index (κ1) is 22.2. The molecule has 0 unspecified atom stereocenters. The third kappa shape index (κ3) is 4.85. The molecule has 0 amide bonds. The topological polar surface area (TPSA) is 96.9 Å². The van der Waals surface area contributed by atoms with Crippen LogP contribution in [0.15, 0.2) is 21.3 Å². The second-order valence-electron chi connectivity index (χ2n) is 6.90. The van der Waals surface area contributed by atoms with Crippen molar-refractivity contribution in [3.8, 4) is 11.5 Å². The molecule has 2 aromatic rings. The maximum atomic E-state index is 14.3. The molecule has 1 aromatic heterocycles. The number of H-pyrrole nitrogens is 1. The van der Waals surface area contributed by atoms with Crippen LogP contribution in [0.1, 0.15) is 38.2 Å². The standard InChI is InChI=1S/C17H20F4N4O2.ClH/c1-8(9-2-4-11(22)5-3-9)23-13-7-10(15-24-25-16(26)27-15)6-12(18)14(13)17(19,20)21;/h6-9,11,23H,2-5,22H2,1H3,(H,25,26);1H/t8-,9?,11?;/m0./s1. The summed E-state index contributed by atoms with van der Waals surface area (Å²) in [5.74, 6) is -2.51. The molecule has 11 heteroatoms. The zero-order valence-electron chi connectivity index (χ0n) is 15.0. The molecule has 1 heterocycles. The highest BCUT2D eigenvalue weighted by atomic mass is 35.5. The highest BCUT2D eigenvalue weighted by molar-refractivity contribution is 5.85. The van der Waals surface area contributed by atoms with Crippen molar-refractivity contribution in [2.45, 2.75) is 50.9 Å². The van der Waals surface area contributed by atoms with E-state index in [0.29, 0.717) is 6.07 Å². The number of anilines is 1. The van der Waals surface area contributed by atoms with Crippen LogP contribution < -0.4 is 16.8 Å². The fourth-order valence-corrected chi connectivity index (χ4v) is 3.49. The molecule has 6 nitrogen and oxygen atoms in total. The molecule has 0 aliphatic heterocycles. The van der Waals surface area contributed by atoms with Crippen molar-refractivity contribution < 1.29 is 22.0 Å². The molecule has 0 spiro atoms. The first-order chi connectivity index (χ1) is 12.6. The lowest BCUT2D eigenvalue weighted by Crippen LogP contribution is -2.34. The van der Waals surface area contributed by atoms with Crippen LogP contribution in [-0.4, -0.2) is 22.3 Å². The van der Waals surface area contributed by atoms with Crippen molar-refractivity contribution in [3.63, 3.8) is 0 Å². The van der Waals surface area contributed by atoms with Gasteiger partial charge in [-0.1, -0.05) is 0 Å². The van der Waals surface area contributed by atoms with Gasteiger partial charge in [0.2, 0.25) is 5.89 Å². The molecule has 1 aliphatic rings. The average Bonchev–Trinajstić information content (AvgIpc) is 3.00. The lowest BCUT2D eigenvalue weighted by molar-refractivity contribution is -0.139. The number of aromatic amines is 1. The molecular formula is C17H21ClF4N4O2. The molecule has 0 bridgehead atoms. The van der Waals surface area contributed by atoms with E-state index in [4.69, 9.17) is 10.2 Å². The second-order valence-corrected chi connectivity index (χ2v) is 6.90. The molecule has 156 valence electrons. The predicted molar refractivity (Wildman–Crippen MR) is 97.8 cm³/mol. The van der Waals surface area contributed by atoms with E-state index in [1.165, 1.54) is 0 Å². The molecule has 1 aliphatic carbocycles. The zero-order chi connectivity index (χ0) is 19.8. The average molecular weight is 425 g/mol.